The van der Waals surface area contributed by atoms with E-state index < -0.39 is 0 Å². The summed E-state index contributed by atoms with van der Waals surface area (Å²) in [5.41, 5.74) is -0.330. The lowest BCUT2D eigenvalue weighted by Crippen LogP contribution is -3.13. The van der Waals surface area contributed by atoms with E-state index in [2.05, 4.69) is 29.4 Å². The van der Waals surface area contributed by atoms with Gasteiger partial charge < -0.3 is 10.3 Å². The maximum atomic E-state index is 12.9. The Morgan fingerprint density at radius 2 is 1.90 bits per heavy atom. The van der Waals surface area contributed by atoms with Gasteiger partial charge in [-0.3, -0.25) is 0 Å². The molecule has 0 aromatic rings. The van der Waals surface area contributed by atoms with Crippen LogP contribution in [0.2, 0.25) is 0 Å². The standard InChI is InChI=1S/C23H39N3O3/c1-3-26(29)23(13-15-25-28)21-7-5-4-6-18(9-11-22(21)23)20-10-8-17(2)16-19(20)12-14-24-27/h5,7,17-22,26H,3-4,6,8-16H2,1-2H3/b7-5-. The van der Waals surface area contributed by atoms with Gasteiger partial charge in [-0.05, 0) is 75.5 Å². The Labute approximate surface area is 175 Å². The number of fused-ring (bicyclic) bond motifs is 1. The van der Waals surface area contributed by atoms with Gasteiger partial charge >= 0.3 is 0 Å². The fraction of sp³-hybridized carbons (Fsp3) is 0.913. The van der Waals surface area contributed by atoms with Crippen LogP contribution in [-0.4, -0.2) is 25.2 Å². The Balaban J connectivity index is 1.71. The van der Waals surface area contributed by atoms with Crippen LogP contribution in [0.3, 0.4) is 0 Å². The van der Waals surface area contributed by atoms with E-state index in [-0.39, 0.29) is 12.1 Å². The molecule has 0 bridgehead atoms. The van der Waals surface area contributed by atoms with Crippen LogP contribution in [0.5, 0.6) is 0 Å². The van der Waals surface area contributed by atoms with Gasteiger partial charge in [-0.25, -0.2) is 0 Å². The number of rotatable bonds is 9. The summed E-state index contributed by atoms with van der Waals surface area (Å²) in [5, 5.41) is 19.4. The molecule has 164 valence electrons. The molecule has 1 N–H and O–H groups in total. The van der Waals surface area contributed by atoms with Gasteiger partial charge in [-0.1, -0.05) is 35.9 Å². The number of hydrogen-bond acceptors (Lipinski definition) is 5. The highest BCUT2D eigenvalue weighted by molar-refractivity contribution is 5.20. The third-order valence-corrected chi connectivity index (χ3v) is 8.43. The summed E-state index contributed by atoms with van der Waals surface area (Å²) in [4.78, 5) is 21.5. The van der Waals surface area contributed by atoms with Crippen LogP contribution in [0.15, 0.2) is 22.5 Å². The van der Waals surface area contributed by atoms with Crippen molar-refractivity contribution in [2.45, 2.75) is 77.2 Å². The topological polar surface area (TPSA) is 86.4 Å². The molecule has 0 aromatic carbocycles. The highest BCUT2D eigenvalue weighted by atomic mass is 16.5. The molecule has 0 aliphatic heterocycles. The number of quaternary nitrogens is 1. The van der Waals surface area contributed by atoms with Gasteiger partial charge in [0.05, 0.1) is 19.6 Å². The van der Waals surface area contributed by atoms with Gasteiger partial charge in [-0.2, -0.15) is 9.81 Å². The number of allylic oxidation sites excluding steroid dienone is 1. The Morgan fingerprint density at radius 3 is 2.62 bits per heavy atom. The Morgan fingerprint density at radius 1 is 1.10 bits per heavy atom. The van der Waals surface area contributed by atoms with Crippen LogP contribution in [0, 0.1) is 50.5 Å². The fourth-order valence-corrected chi connectivity index (χ4v) is 6.95. The van der Waals surface area contributed by atoms with E-state index in [0.717, 1.165) is 25.2 Å². The highest BCUT2D eigenvalue weighted by Gasteiger charge is 2.67. The molecule has 2 fully saturated rings. The third kappa shape index (κ3) is 4.79. The molecule has 3 aliphatic carbocycles. The Hall–Kier alpha value is -1.14. The maximum Gasteiger partial charge on any atom is 0.110 e. The monoisotopic (exact) mass is 405 g/mol. The molecule has 8 atom stereocenters. The minimum absolute atomic E-state index is 0.247. The van der Waals surface area contributed by atoms with E-state index in [0.29, 0.717) is 54.2 Å². The zero-order valence-corrected chi connectivity index (χ0v) is 18.2. The molecule has 0 aromatic heterocycles. The summed E-state index contributed by atoms with van der Waals surface area (Å²) in [7, 11) is 0. The van der Waals surface area contributed by atoms with Crippen molar-refractivity contribution < 1.29 is 5.06 Å². The van der Waals surface area contributed by atoms with Crippen molar-refractivity contribution in [3.63, 3.8) is 0 Å². The van der Waals surface area contributed by atoms with Crippen molar-refractivity contribution in [2.24, 2.45) is 45.9 Å². The molecular formula is C23H39N3O3. The third-order valence-electron chi connectivity index (χ3n) is 8.43. The minimum atomic E-state index is -0.330. The van der Waals surface area contributed by atoms with Gasteiger partial charge in [0.25, 0.3) is 0 Å². The molecule has 0 radical (unpaired) electrons. The van der Waals surface area contributed by atoms with Crippen molar-refractivity contribution in [2.75, 3.05) is 19.6 Å². The number of hydroxylamine groups is 2. The SMILES string of the molecule is CC[NH+]([O-])C1(CCN=O)C2/C=C\CCC(C3CCC(C)CC3CCN=O)CCC21. The van der Waals surface area contributed by atoms with E-state index in [1.807, 2.05) is 6.92 Å². The highest BCUT2D eigenvalue weighted by Crippen LogP contribution is 2.56. The van der Waals surface area contributed by atoms with E-state index in [4.69, 9.17) is 0 Å². The summed E-state index contributed by atoms with van der Waals surface area (Å²) >= 11 is 0. The van der Waals surface area contributed by atoms with Gasteiger partial charge in [0.2, 0.25) is 0 Å². The van der Waals surface area contributed by atoms with Gasteiger partial charge in [0, 0.05) is 18.3 Å². The fourth-order valence-electron chi connectivity index (χ4n) is 6.95. The number of nitroso groups, excluding NO2 is 2. The van der Waals surface area contributed by atoms with Crippen LogP contribution in [0.25, 0.3) is 0 Å². The van der Waals surface area contributed by atoms with E-state index >= 15 is 0 Å². The first kappa shape index (κ1) is 22.5. The van der Waals surface area contributed by atoms with E-state index in [1.54, 1.807) is 0 Å². The van der Waals surface area contributed by atoms with Gasteiger partial charge in [0.1, 0.15) is 5.54 Å². The first-order chi connectivity index (χ1) is 14.1. The van der Waals surface area contributed by atoms with Crippen molar-refractivity contribution in [3.05, 3.63) is 27.2 Å². The van der Waals surface area contributed by atoms with Crippen molar-refractivity contribution >= 4 is 0 Å². The largest absolute Gasteiger partial charge is 0.634 e. The average molecular weight is 406 g/mol. The molecule has 0 spiro atoms. The molecule has 8 unspecified atom stereocenters. The summed E-state index contributed by atoms with van der Waals surface area (Å²) < 4.78 is 0. The molecule has 3 rings (SSSR count). The van der Waals surface area contributed by atoms with E-state index in [9.17, 15) is 15.0 Å². The van der Waals surface area contributed by atoms with Crippen LogP contribution in [0.1, 0.15) is 71.6 Å². The zero-order valence-electron chi connectivity index (χ0n) is 18.2. The predicted octanol–water partition coefficient (Wildman–Crippen LogP) is 4.49. The molecule has 2 saturated carbocycles. The average Bonchev–Trinajstić information content (AvgIpc) is 3.33. The van der Waals surface area contributed by atoms with Crippen LogP contribution < -0.4 is 5.06 Å². The van der Waals surface area contributed by atoms with Crippen LogP contribution >= 0.6 is 0 Å². The zero-order chi connectivity index (χ0) is 20.9. The van der Waals surface area contributed by atoms with Gasteiger partial charge in [-0.15, -0.1) is 0 Å². The molecule has 0 saturated heterocycles. The normalized spacial score (nSPS) is 41.9. The number of hydrogen-bond donors (Lipinski definition) is 1. The van der Waals surface area contributed by atoms with Crippen molar-refractivity contribution in [1.82, 2.24) is 0 Å². The second kappa shape index (κ2) is 10.3. The van der Waals surface area contributed by atoms with Gasteiger partial charge in [0.15, 0.2) is 0 Å². The minimum Gasteiger partial charge on any atom is -0.634 e. The Bertz CT molecular complexity index is 584. The summed E-state index contributed by atoms with van der Waals surface area (Å²) in [5.74, 6) is 3.40. The number of nitrogens with zero attached hydrogens (tertiary/aromatic N) is 2. The van der Waals surface area contributed by atoms with Crippen molar-refractivity contribution in [1.29, 1.82) is 0 Å². The lowest BCUT2D eigenvalue weighted by atomic mass is 9.66. The lowest BCUT2D eigenvalue weighted by Gasteiger charge is -2.40. The van der Waals surface area contributed by atoms with Crippen LogP contribution in [-0.2, 0) is 0 Å². The molecule has 3 aliphatic rings. The van der Waals surface area contributed by atoms with Crippen molar-refractivity contribution in [3.8, 4) is 0 Å². The number of nitrogens with one attached hydrogen (secondary N) is 1. The molecule has 6 nitrogen and oxygen atoms in total. The first-order valence-electron chi connectivity index (χ1n) is 11.9. The second-order valence-electron chi connectivity index (χ2n) is 9.88. The first-order valence-corrected chi connectivity index (χ1v) is 11.9. The summed E-state index contributed by atoms with van der Waals surface area (Å²) in [6.07, 6.45) is 14.4. The molecule has 6 heteroatoms. The molecule has 0 heterocycles. The molecular weight excluding hydrogens is 366 g/mol. The Kier molecular flexibility index (Phi) is 7.97. The molecule has 0 amide bonds. The lowest BCUT2D eigenvalue weighted by molar-refractivity contribution is -0.890. The maximum absolute atomic E-state index is 12.9. The van der Waals surface area contributed by atoms with Crippen LogP contribution in [0.4, 0.5) is 0 Å². The summed E-state index contributed by atoms with van der Waals surface area (Å²) in [6, 6.07) is 0. The predicted molar refractivity (Wildman–Crippen MR) is 116 cm³/mol. The molecule has 29 heavy (non-hydrogen) atoms. The summed E-state index contributed by atoms with van der Waals surface area (Å²) in [6.45, 7) is 5.52. The quantitative estimate of drug-likeness (QED) is 0.348. The second-order valence-corrected chi connectivity index (χ2v) is 9.88. The van der Waals surface area contributed by atoms with E-state index in [1.165, 1.54) is 32.1 Å². The smallest absolute Gasteiger partial charge is 0.110 e.